The molecule has 2 aromatic heterocycles. The molecule has 1 amide bonds. The van der Waals surface area contributed by atoms with Crippen LogP contribution in [0.2, 0.25) is 0 Å². The summed E-state index contributed by atoms with van der Waals surface area (Å²) >= 11 is 1.05. The Morgan fingerprint density at radius 3 is 2.71 bits per heavy atom. The second-order valence-electron chi connectivity index (χ2n) is 6.94. The summed E-state index contributed by atoms with van der Waals surface area (Å²) in [5.41, 5.74) is 1.20. The van der Waals surface area contributed by atoms with Gasteiger partial charge in [-0.25, -0.2) is 14.5 Å². The number of carbonyl (C=O) groups excluding carboxylic acids is 2. The van der Waals surface area contributed by atoms with Crippen molar-refractivity contribution in [3.63, 3.8) is 0 Å². The molecule has 0 atom stereocenters. The zero-order valence-corrected chi connectivity index (χ0v) is 19.2. The minimum Gasteiger partial charge on any atom is -0.494 e. The average molecular weight is 480 g/mol. The van der Waals surface area contributed by atoms with E-state index in [1.165, 1.54) is 10.9 Å². The van der Waals surface area contributed by atoms with E-state index in [9.17, 15) is 14.4 Å². The Kier molecular flexibility index (Phi) is 6.93. The molecule has 0 saturated heterocycles. The quantitative estimate of drug-likeness (QED) is 0.224. The van der Waals surface area contributed by atoms with Crippen LogP contribution in [0, 0.1) is 0 Å². The Hall–Kier alpha value is -4.12. The van der Waals surface area contributed by atoms with Gasteiger partial charge in [0.25, 0.3) is 5.56 Å². The van der Waals surface area contributed by atoms with Crippen molar-refractivity contribution >= 4 is 40.4 Å². The number of ether oxygens (including phenoxy) is 2. The molecule has 0 bridgehead atoms. The predicted molar refractivity (Wildman–Crippen MR) is 128 cm³/mol. The molecule has 11 heteroatoms. The Bertz CT molecular complexity index is 1410. The maximum Gasteiger partial charge on any atom is 0.340 e. The smallest absolute Gasteiger partial charge is 0.340 e. The van der Waals surface area contributed by atoms with Gasteiger partial charge >= 0.3 is 5.97 Å². The van der Waals surface area contributed by atoms with Gasteiger partial charge in [0.05, 0.1) is 36.9 Å². The maximum atomic E-state index is 12.6. The van der Waals surface area contributed by atoms with Crippen molar-refractivity contribution in [2.75, 3.05) is 24.8 Å². The van der Waals surface area contributed by atoms with E-state index < -0.39 is 5.97 Å². The Balaban J connectivity index is 1.54. The standard InChI is InChI=1S/C23H21N5O5S/c1-3-33-22(31)14-8-4-5-9-16(14)25-19(29)13-34-23-26-20-15(21(30)27-23)12-24-28(20)17-10-6-7-11-18(17)32-2/h4-12H,3,13H2,1-2H3,(H,25,29)(H,26,27,30). The lowest BCUT2D eigenvalue weighted by atomic mass is 10.2. The zero-order chi connectivity index (χ0) is 24.1. The first kappa shape index (κ1) is 23.1. The van der Waals surface area contributed by atoms with E-state index in [-0.39, 0.29) is 34.5 Å². The number of hydrogen-bond acceptors (Lipinski definition) is 8. The first-order valence-corrected chi connectivity index (χ1v) is 11.3. The topological polar surface area (TPSA) is 128 Å². The highest BCUT2D eigenvalue weighted by atomic mass is 32.2. The van der Waals surface area contributed by atoms with Gasteiger partial charge in [0.2, 0.25) is 5.91 Å². The number of esters is 1. The highest BCUT2D eigenvalue weighted by Gasteiger charge is 2.17. The van der Waals surface area contributed by atoms with Crippen LogP contribution in [0.25, 0.3) is 16.7 Å². The number of fused-ring (bicyclic) bond motifs is 1. The molecule has 0 spiro atoms. The molecule has 0 fully saturated rings. The fourth-order valence-electron chi connectivity index (χ4n) is 3.25. The van der Waals surface area contributed by atoms with Crippen molar-refractivity contribution in [3.8, 4) is 11.4 Å². The summed E-state index contributed by atoms with van der Waals surface area (Å²) in [6, 6.07) is 13.8. The van der Waals surface area contributed by atoms with E-state index in [0.717, 1.165) is 11.8 Å². The second kappa shape index (κ2) is 10.2. The molecular formula is C23H21N5O5S. The summed E-state index contributed by atoms with van der Waals surface area (Å²) in [4.78, 5) is 44.4. The summed E-state index contributed by atoms with van der Waals surface area (Å²) in [7, 11) is 1.55. The number of thioether (sulfide) groups is 1. The van der Waals surface area contributed by atoms with Crippen LogP contribution in [0.3, 0.4) is 0 Å². The van der Waals surface area contributed by atoms with Crippen molar-refractivity contribution in [3.05, 3.63) is 70.6 Å². The summed E-state index contributed by atoms with van der Waals surface area (Å²) in [5.74, 6) is -0.368. The van der Waals surface area contributed by atoms with Gasteiger partial charge in [-0.2, -0.15) is 5.10 Å². The van der Waals surface area contributed by atoms with Crippen molar-refractivity contribution in [2.24, 2.45) is 0 Å². The van der Waals surface area contributed by atoms with Crippen LogP contribution < -0.4 is 15.6 Å². The number of nitrogens with one attached hydrogen (secondary N) is 2. The van der Waals surface area contributed by atoms with Gasteiger partial charge in [0, 0.05) is 0 Å². The molecule has 0 saturated carbocycles. The highest BCUT2D eigenvalue weighted by Crippen LogP contribution is 2.25. The number of hydrogen-bond donors (Lipinski definition) is 2. The van der Waals surface area contributed by atoms with E-state index in [1.54, 1.807) is 50.4 Å². The van der Waals surface area contributed by atoms with Crippen LogP contribution >= 0.6 is 11.8 Å². The van der Waals surface area contributed by atoms with Crippen LogP contribution in [0.4, 0.5) is 5.69 Å². The molecule has 0 aliphatic carbocycles. The SMILES string of the molecule is CCOC(=O)c1ccccc1NC(=O)CSc1nc2c(cnn2-c2ccccc2OC)c(=O)[nH]1. The van der Waals surface area contributed by atoms with Gasteiger partial charge in [-0.05, 0) is 31.2 Å². The number of rotatable bonds is 8. The first-order valence-electron chi connectivity index (χ1n) is 10.3. The lowest BCUT2D eigenvalue weighted by Gasteiger charge is -2.10. The summed E-state index contributed by atoms with van der Waals surface area (Å²) in [5, 5.41) is 7.56. The minimum absolute atomic E-state index is 0.0472. The predicted octanol–water partition coefficient (Wildman–Crippen LogP) is 3.02. The number of methoxy groups -OCH3 is 1. The molecule has 4 rings (SSSR count). The first-order chi connectivity index (χ1) is 16.5. The van der Waals surface area contributed by atoms with Gasteiger partial charge in [-0.15, -0.1) is 0 Å². The number of benzene rings is 2. The van der Waals surface area contributed by atoms with Gasteiger partial charge in [0.15, 0.2) is 10.8 Å². The maximum absolute atomic E-state index is 12.6. The molecule has 4 aromatic rings. The molecule has 174 valence electrons. The summed E-state index contributed by atoms with van der Waals surface area (Å²) in [6.07, 6.45) is 1.43. The molecule has 0 aliphatic heterocycles. The van der Waals surface area contributed by atoms with Crippen LogP contribution in [-0.4, -0.2) is 51.1 Å². The molecule has 2 heterocycles. The molecule has 0 unspecified atom stereocenters. The van der Waals surface area contributed by atoms with Crippen molar-refractivity contribution in [1.29, 1.82) is 0 Å². The number of aromatic amines is 1. The van der Waals surface area contributed by atoms with Gasteiger partial charge in [-0.1, -0.05) is 36.0 Å². The van der Waals surface area contributed by atoms with Crippen LogP contribution in [0.15, 0.2) is 64.7 Å². The van der Waals surface area contributed by atoms with Crippen molar-refractivity contribution in [1.82, 2.24) is 19.7 Å². The summed E-state index contributed by atoms with van der Waals surface area (Å²) < 4.78 is 11.9. The molecule has 2 aromatic carbocycles. The molecule has 34 heavy (non-hydrogen) atoms. The van der Waals surface area contributed by atoms with E-state index in [0.29, 0.717) is 28.2 Å². The normalized spacial score (nSPS) is 10.8. The minimum atomic E-state index is -0.521. The number of amides is 1. The van der Waals surface area contributed by atoms with Gasteiger partial charge in [0.1, 0.15) is 16.8 Å². The van der Waals surface area contributed by atoms with Crippen LogP contribution in [0.5, 0.6) is 5.75 Å². The molecule has 2 N–H and O–H groups in total. The Morgan fingerprint density at radius 2 is 1.91 bits per heavy atom. The number of carbonyl (C=O) groups is 2. The van der Waals surface area contributed by atoms with Crippen molar-refractivity contribution in [2.45, 2.75) is 12.1 Å². The number of para-hydroxylation sites is 3. The van der Waals surface area contributed by atoms with Crippen LogP contribution in [-0.2, 0) is 9.53 Å². The number of anilines is 1. The largest absolute Gasteiger partial charge is 0.494 e. The van der Waals surface area contributed by atoms with Gasteiger partial charge < -0.3 is 19.8 Å². The molecule has 0 aliphatic rings. The molecular weight excluding hydrogens is 458 g/mol. The third-order valence-electron chi connectivity index (χ3n) is 4.77. The number of H-pyrrole nitrogens is 1. The zero-order valence-electron chi connectivity index (χ0n) is 18.4. The van der Waals surface area contributed by atoms with E-state index in [1.807, 2.05) is 12.1 Å². The Labute approximate surface area is 198 Å². The third kappa shape index (κ3) is 4.79. The average Bonchev–Trinajstić information content (AvgIpc) is 3.27. The third-order valence-corrected chi connectivity index (χ3v) is 5.64. The van der Waals surface area contributed by atoms with E-state index in [4.69, 9.17) is 9.47 Å². The van der Waals surface area contributed by atoms with E-state index in [2.05, 4.69) is 20.4 Å². The number of aromatic nitrogens is 4. The fourth-order valence-corrected chi connectivity index (χ4v) is 3.90. The molecule has 0 radical (unpaired) electrons. The lowest BCUT2D eigenvalue weighted by molar-refractivity contribution is -0.113. The molecule has 10 nitrogen and oxygen atoms in total. The summed E-state index contributed by atoms with van der Waals surface area (Å²) in [6.45, 7) is 1.93. The Morgan fingerprint density at radius 1 is 1.15 bits per heavy atom. The van der Waals surface area contributed by atoms with Crippen molar-refractivity contribution < 1.29 is 19.1 Å². The van der Waals surface area contributed by atoms with E-state index >= 15 is 0 Å². The van der Waals surface area contributed by atoms with Crippen LogP contribution in [0.1, 0.15) is 17.3 Å². The van der Waals surface area contributed by atoms with Gasteiger partial charge in [-0.3, -0.25) is 9.59 Å². The fraction of sp³-hybridized carbons (Fsp3) is 0.174. The second-order valence-corrected chi connectivity index (χ2v) is 7.90. The monoisotopic (exact) mass is 479 g/mol. The number of nitrogens with zero attached hydrogens (tertiary/aromatic N) is 3. The highest BCUT2D eigenvalue weighted by molar-refractivity contribution is 7.99. The lowest BCUT2D eigenvalue weighted by Crippen LogP contribution is -2.18.